The second-order valence-corrected chi connectivity index (χ2v) is 9.36. The number of halogens is 2. The minimum atomic E-state index is -0.921. The van der Waals surface area contributed by atoms with Crippen LogP contribution in [0.15, 0.2) is 78.9 Å². The molecule has 6 nitrogen and oxygen atoms in total. The molecule has 1 fully saturated rings. The third-order valence-corrected chi connectivity index (χ3v) is 6.72. The smallest absolute Gasteiger partial charge is 0.264 e. The van der Waals surface area contributed by atoms with E-state index in [-0.39, 0.29) is 18.5 Å². The Balaban J connectivity index is 1.48. The summed E-state index contributed by atoms with van der Waals surface area (Å²) in [5.41, 5.74) is 6.85. The van der Waals surface area contributed by atoms with E-state index in [2.05, 4.69) is 5.32 Å². The lowest BCUT2D eigenvalue weighted by Crippen LogP contribution is -2.34. The molecule has 0 aliphatic carbocycles. The molecule has 0 atom stereocenters. The summed E-state index contributed by atoms with van der Waals surface area (Å²) >= 11 is 0. The monoisotopic (exact) mass is 514 g/mol. The van der Waals surface area contributed by atoms with E-state index in [1.807, 2.05) is 24.3 Å². The van der Waals surface area contributed by atoms with Crippen LogP contribution in [0.25, 0.3) is 10.8 Å². The predicted octanol–water partition coefficient (Wildman–Crippen LogP) is 5.38. The van der Waals surface area contributed by atoms with Crippen LogP contribution in [0.4, 0.5) is 14.5 Å². The average molecular weight is 515 g/mol. The van der Waals surface area contributed by atoms with Gasteiger partial charge >= 0.3 is 0 Å². The van der Waals surface area contributed by atoms with Crippen LogP contribution < -0.4 is 20.7 Å². The number of benzene rings is 4. The van der Waals surface area contributed by atoms with Gasteiger partial charge in [-0.05, 0) is 90.8 Å². The molecule has 4 aromatic carbocycles. The number of amides is 1. The van der Waals surface area contributed by atoms with Gasteiger partial charge in [0.1, 0.15) is 34.9 Å². The van der Waals surface area contributed by atoms with Crippen LogP contribution in [0.5, 0.6) is 5.75 Å². The number of rotatable bonds is 7. The number of amidine groups is 1. The average Bonchev–Trinajstić information content (AvgIpc) is 2.92. The van der Waals surface area contributed by atoms with E-state index in [4.69, 9.17) is 15.9 Å². The largest absolute Gasteiger partial charge is 0.490 e. The van der Waals surface area contributed by atoms with Gasteiger partial charge in [-0.15, -0.1) is 0 Å². The number of nitrogen functional groups attached to an aromatic ring is 1. The zero-order chi connectivity index (χ0) is 26.6. The molecule has 38 heavy (non-hydrogen) atoms. The Morgan fingerprint density at radius 1 is 0.947 bits per heavy atom. The van der Waals surface area contributed by atoms with Crippen LogP contribution in [0.2, 0.25) is 0 Å². The molecule has 1 saturated heterocycles. The Hall–Kier alpha value is -4.30. The van der Waals surface area contributed by atoms with Crippen LogP contribution in [0, 0.1) is 17.0 Å². The molecular formula is C30H28F2N4O2. The van der Waals surface area contributed by atoms with E-state index in [1.54, 1.807) is 36.4 Å². The number of ether oxygens (including phenoxy) is 1. The number of carbonyl (C=O) groups excluding carboxylic acids is 1. The zero-order valence-corrected chi connectivity index (χ0v) is 20.7. The van der Waals surface area contributed by atoms with Crippen LogP contribution in [-0.2, 0) is 6.54 Å². The molecule has 8 heteroatoms. The van der Waals surface area contributed by atoms with E-state index in [0.29, 0.717) is 17.0 Å². The van der Waals surface area contributed by atoms with Crippen molar-refractivity contribution in [2.75, 3.05) is 18.0 Å². The van der Waals surface area contributed by atoms with Crippen LogP contribution in [0.1, 0.15) is 34.3 Å². The molecule has 0 aromatic heterocycles. The highest BCUT2D eigenvalue weighted by Crippen LogP contribution is 2.27. The van der Waals surface area contributed by atoms with Gasteiger partial charge in [-0.2, -0.15) is 0 Å². The van der Waals surface area contributed by atoms with Crippen molar-refractivity contribution in [3.05, 3.63) is 107 Å². The van der Waals surface area contributed by atoms with Crippen molar-refractivity contribution >= 4 is 28.2 Å². The Labute approximate surface area is 219 Å². The molecule has 194 valence electrons. The summed E-state index contributed by atoms with van der Waals surface area (Å²) in [5.74, 6) is -2.00. The first-order valence-electron chi connectivity index (χ1n) is 12.5. The van der Waals surface area contributed by atoms with E-state index in [1.165, 1.54) is 11.0 Å². The van der Waals surface area contributed by atoms with Crippen molar-refractivity contribution in [3.63, 3.8) is 0 Å². The summed E-state index contributed by atoms with van der Waals surface area (Å²) in [7, 11) is 0. The lowest BCUT2D eigenvalue weighted by atomic mass is 10.0. The molecule has 1 aliphatic heterocycles. The summed E-state index contributed by atoms with van der Waals surface area (Å²) in [6.07, 6.45) is 1.93. The van der Waals surface area contributed by atoms with E-state index < -0.39 is 23.1 Å². The Morgan fingerprint density at radius 3 is 2.32 bits per heavy atom. The van der Waals surface area contributed by atoms with Gasteiger partial charge in [-0.1, -0.05) is 30.3 Å². The molecule has 1 amide bonds. The SMILES string of the molecule is N=C(N)c1ccc2ccc(CN(C(=O)c3c(F)cccc3F)c3ccc(OC4CCNCC4)cc3)cc2c1. The van der Waals surface area contributed by atoms with Gasteiger partial charge in [0.05, 0.1) is 6.54 Å². The van der Waals surface area contributed by atoms with Crippen molar-refractivity contribution in [1.82, 2.24) is 5.32 Å². The summed E-state index contributed by atoms with van der Waals surface area (Å²) in [5, 5.41) is 12.8. The predicted molar refractivity (Wildman–Crippen MR) is 145 cm³/mol. The highest BCUT2D eigenvalue weighted by atomic mass is 19.1. The fourth-order valence-corrected chi connectivity index (χ4v) is 4.67. The zero-order valence-electron chi connectivity index (χ0n) is 20.7. The Bertz CT molecular complexity index is 1460. The number of nitrogens with zero attached hydrogens (tertiary/aromatic N) is 1. The quantitative estimate of drug-likeness (QED) is 0.228. The molecule has 1 aliphatic rings. The number of carbonyl (C=O) groups is 1. The number of anilines is 1. The highest BCUT2D eigenvalue weighted by molar-refractivity contribution is 6.06. The second kappa shape index (κ2) is 11.0. The standard InChI is InChI=1S/C30H28F2N4O2/c31-26-2-1-3-27(32)28(26)30(37)36(23-8-10-24(11-9-23)38-25-12-14-35-15-13-25)18-19-4-5-20-6-7-21(29(33)34)17-22(20)16-19/h1-11,16-17,25,35H,12-15,18H2,(H3,33,34). The number of piperidine rings is 1. The minimum Gasteiger partial charge on any atom is -0.490 e. The molecule has 0 bridgehead atoms. The third kappa shape index (κ3) is 5.50. The van der Waals surface area contributed by atoms with Crippen molar-refractivity contribution in [2.45, 2.75) is 25.5 Å². The maximum atomic E-state index is 14.6. The van der Waals surface area contributed by atoms with E-state index in [9.17, 15) is 13.6 Å². The number of nitrogens with one attached hydrogen (secondary N) is 2. The third-order valence-electron chi connectivity index (χ3n) is 6.72. The molecule has 4 N–H and O–H groups in total. The molecule has 1 heterocycles. The summed E-state index contributed by atoms with van der Waals surface area (Å²) in [6, 6.07) is 21.5. The molecule has 0 radical (unpaired) electrons. The van der Waals surface area contributed by atoms with Crippen molar-refractivity contribution < 1.29 is 18.3 Å². The van der Waals surface area contributed by atoms with Crippen molar-refractivity contribution in [1.29, 1.82) is 5.41 Å². The second-order valence-electron chi connectivity index (χ2n) is 9.36. The molecule has 0 spiro atoms. The highest BCUT2D eigenvalue weighted by Gasteiger charge is 2.25. The summed E-state index contributed by atoms with van der Waals surface area (Å²) in [4.78, 5) is 14.9. The van der Waals surface area contributed by atoms with Gasteiger partial charge in [0.15, 0.2) is 0 Å². The minimum absolute atomic E-state index is 0.0454. The van der Waals surface area contributed by atoms with E-state index >= 15 is 0 Å². The maximum absolute atomic E-state index is 14.6. The van der Waals surface area contributed by atoms with Crippen LogP contribution in [0.3, 0.4) is 0 Å². The molecule has 0 saturated carbocycles. The number of hydrogen-bond acceptors (Lipinski definition) is 4. The Morgan fingerprint density at radius 2 is 1.63 bits per heavy atom. The summed E-state index contributed by atoms with van der Waals surface area (Å²) < 4.78 is 35.3. The maximum Gasteiger partial charge on any atom is 0.264 e. The fourth-order valence-electron chi connectivity index (χ4n) is 4.67. The van der Waals surface area contributed by atoms with Gasteiger partial charge in [0.25, 0.3) is 5.91 Å². The Kier molecular flexibility index (Phi) is 7.33. The number of hydrogen-bond donors (Lipinski definition) is 3. The van der Waals surface area contributed by atoms with Gasteiger partial charge in [0, 0.05) is 11.3 Å². The number of fused-ring (bicyclic) bond motifs is 1. The first-order valence-corrected chi connectivity index (χ1v) is 12.5. The lowest BCUT2D eigenvalue weighted by Gasteiger charge is -2.26. The van der Waals surface area contributed by atoms with Crippen molar-refractivity contribution in [3.8, 4) is 5.75 Å². The molecular weight excluding hydrogens is 486 g/mol. The first-order chi connectivity index (χ1) is 18.4. The van der Waals surface area contributed by atoms with Gasteiger partial charge < -0.3 is 20.7 Å². The van der Waals surface area contributed by atoms with Gasteiger partial charge in [-0.25, -0.2) is 8.78 Å². The van der Waals surface area contributed by atoms with Crippen LogP contribution in [-0.4, -0.2) is 30.9 Å². The normalized spacial score (nSPS) is 13.8. The number of nitrogens with two attached hydrogens (primary N) is 1. The van der Waals surface area contributed by atoms with Gasteiger partial charge in [-0.3, -0.25) is 10.2 Å². The summed E-state index contributed by atoms with van der Waals surface area (Å²) in [6.45, 7) is 1.87. The lowest BCUT2D eigenvalue weighted by molar-refractivity contribution is 0.0977. The van der Waals surface area contributed by atoms with E-state index in [0.717, 1.165) is 54.4 Å². The first kappa shape index (κ1) is 25.4. The molecule has 0 unspecified atom stereocenters. The van der Waals surface area contributed by atoms with Crippen molar-refractivity contribution in [2.24, 2.45) is 5.73 Å². The molecule has 4 aromatic rings. The fraction of sp³-hybridized carbons (Fsp3) is 0.200. The van der Waals surface area contributed by atoms with Crippen LogP contribution >= 0.6 is 0 Å². The molecule has 5 rings (SSSR count). The topological polar surface area (TPSA) is 91.4 Å². The van der Waals surface area contributed by atoms with Gasteiger partial charge in [0.2, 0.25) is 0 Å².